The topological polar surface area (TPSA) is 0 Å². The molecule has 0 nitrogen and oxygen atoms in total. The Morgan fingerprint density at radius 3 is 2.00 bits per heavy atom. The van der Waals surface area contributed by atoms with E-state index in [1.54, 1.807) is 0 Å². The maximum atomic E-state index is 4.79. The van der Waals surface area contributed by atoms with Crippen molar-refractivity contribution < 1.29 is 0 Å². The minimum atomic E-state index is -0.140. The van der Waals surface area contributed by atoms with Crippen LogP contribution in [0, 0.1) is 0 Å². The van der Waals surface area contributed by atoms with Gasteiger partial charge in [0.05, 0.1) is 0 Å². The van der Waals surface area contributed by atoms with Gasteiger partial charge in [0.2, 0.25) is 0 Å². The van der Waals surface area contributed by atoms with Gasteiger partial charge >= 0.3 is 38.1 Å². The molecular weight excluding hydrogens is 97.9 g/mol. The molecule has 0 aromatic carbocycles. The molecule has 0 aliphatic rings. The van der Waals surface area contributed by atoms with Crippen LogP contribution in [0.1, 0.15) is 0 Å². The standard InChI is InChI=1S/C2H6BPS/c1-3-4(2)5/h1-2H3. The molecule has 0 spiro atoms. The molecule has 0 aromatic rings. The Morgan fingerprint density at radius 2 is 2.00 bits per heavy atom. The fourth-order valence-electron chi connectivity index (χ4n) is 0. The molecule has 1 atom stereocenters. The summed E-state index contributed by atoms with van der Waals surface area (Å²) in [4.78, 5) is 0. The number of hydrogen-bond donors (Lipinski definition) is 0. The van der Waals surface area contributed by atoms with Crippen molar-refractivity contribution in [3.8, 4) is 0 Å². The van der Waals surface area contributed by atoms with Gasteiger partial charge in [0.25, 0.3) is 0 Å². The van der Waals surface area contributed by atoms with Crippen LogP contribution in [0.25, 0.3) is 0 Å². The molecule has 0 amide bonds. The third-order valence-corrected chi connectivity index (χ3v) is 1.72. The molecule has 5 heavy (non-hydrogen) atoms. The average molecular weight is 104 g/mol. The molecule has 0 rings (SSSR count). The second-order valence-corrected chi connectivity index (χ2v) is 4.14. The van der Waals surface area contributed by atoms with E-state index in [0.29, 0.717) is 0 Å². The van der Waals surface area contributed by atoms with Gasteiger partial charge in [0, 0.05) is 0 Å². The molecule has 0 radical (unpaired) electrons. The van der Waals surface area contributed by atoms with Gasteiger partial charge in [-0.25, -0.2) is 0 Å². The Labute approximate surface area is 38.8 Å². The first-order valence-electron chi connectivity index (χ1n) is 1.47. The van der Waals surface area contributed by atoms with Crippen molar-refractivity contribution in [1.82, 2.24) is 0 Å². The van der Waals surface area contributed by atoms with Crippen molar-refractivity contribution in [1.29, 1.82) is 0 Å². The molecule has 0 fully saturated rings. The van der Waals surface area contributed by atoms with Gasteiger partial charge in [-0.1, -0.05) is 0 Å². The summed E-state index contributed by atoms with van der Waals surface area (Å²) < 4.78 is 0. The Hall–Kier alpha value is 0.585. The van der Waals surface area contributed by atoms with E-state index in [1.165, 1.54) is 0 Å². The summed E-state index contributed by atoms with van der Waals surface area (Å²) in [7, 11) is 0. The summed E-state index contributed by atoms with van der Waals surface area (Å²) in [5.41, 5.74) is 0. The van der Waals surface area contributed by atoms with Crippen LogP contribution in [0.3, 0.4) is 0 Å². The predicted octanol–water partition coefficient (Wildman–Crippen LogP) is 1.23. The SMILES string of the molecule is CB=P(C)=S. The van der Waals surface area contributed by atoms with Crippen LogP contribution in [0.2, 0.25) is 6.82 Å². The molecule has 1 unspecified atom stereocenters. The molecule has 0 saturated heterocycles. The van der Waals surface area contributed by atoms with Crippen LogP contribution in [-0.4, -0.2) is 13.3 Å². The zero-order chi connectivity index (χ0) is 4.28. The molecule has 28 valence electrons. The van der Waals surface area contributed by atoms with E-state index in [4.69, 9.17) is 11.8 Å². The van der Waals surface area contributed by atoms with E-state index in [1.807, 2.05) is 20.1 Å². The monoisotopic (exact) mass is 104 g/mol. The maximum absolute atomic E-state index is 4.79. The van der Waals surface area contributed by atoms with Crippen molar-refractivity contribution in [2.75, 3.05) is 6.66 Å². The first kappa shape index (κ1) is 5.58. The fraction of sp³-hybridized carbons (Fsp3) is 1.00. The molecule has 0 N–H and O–H groups in total. The third-order valence-electron chi connectivity index (χ3n) is 0.364. The van der Waals surface area contributed by atoms with Crippen LogP contribution in [0.15, 0.2) is 0 Å². The van der Waals surface area contributed by atoms with Crippen LogP contribution in [0.5, 0.6) is 0 Å². The third kappa shape index (κ3) is 4.58. The van der Waals surface area contributed by atoms with E-state index >= 15 is 0 Å². The van der Waals surface area contributed by atoms with Crippen molar-refractivity contribution in [3.63, 3.8) is 0 Å². The molecule has 0 aliphatic carbocycles. The Balaban J connectivity index is 3.62. The van der Waals surface area contributed by atoms with Crippen molar-refractivity contribution >= 4 is 24.6 Å². The van der Waals surface area contributed by atoms with Crippen molar-refractivity contribution in [3.05, 3.63) is 0 Å². The summed E-state index contributed by atoms with van der Waals surface area (Å²) in [6, 6.07) is 0. The molecule has 3 heteroatoms. The van der Waals surface area contributed by atoms with Crippen molar-refractivity contribution in [2.45, 2.75) is 6.82 Å². The van der Waals surface area contributed by atoms with Gasteiger partial charge in [0.15, 0.2) is 0 Å². The Morgan fingerprint density at radius 1 is 1.80 bits per heavy atom. The van der Waals surface area contributed by atoms with E-state index in [0.717, 1.165) is 0 Å². The second kappa shape index (κ2) is 2.80. The zero-order valence-corrected chi connectivity index (χ0v) is 5.14. The Kier molecular flexibility index (Phi) is 3.13. The van der Waals surface area contributed by atoms with Gasteiger partial charge in [-0.05, 0) is 0 Å². The summed E-state index contributed by atoms with van der Waals surface area (Å²) >= 11 is 4.79. The molecule has 0 saturated carbocycles. The summed E-state index contributed by atoms with van der Waals surface area (Å²) in [5, 5.41) is 0. The van der Waals surface area contributed by atoms with Gasteiger partial charge < -0.3 is 0 Å². The van der Waals surface area contributed by atoms with Crippen molar-refractivity contribution in [2.24, 2.45) is 0 Å². The summed E-state index contributed by atoms with van der Waals surface area (Å²) in [6.45, 7) is 6.09. The number of rotatable bonds is 0. The van der Waals surface area contributed by atoms with Crippen LogP contribution < -0.4 is 0 Å². The fourth-order valence-corrected chi connectivity index (χ4v) is 0. The van der Waals surface area contributed by atoms with E-state index in [2.05, 4.69) is 0 Å². The number of hydrogen-bond acceptors (Lipinski definition) is 1. The van der Waals surface area contributed by atoms with Gasteiger partial charge in [-0.3, -0.25) is 0 Å². The summed E-state index contributed by atoms with van der Waals surface area (Å²) in [5.74, 6) is 0. The van der Waals surface area contributed by atoms with E-state index in [9.17, 15) is 0 Å². The second-order valence-electron chi connectivity index (χ2n) is 0.804. The quantitative estimate of drug-likeness (QED) is 0.329. The first-order valence-corrected chi connectivity index (χ1v) is 4.34. The van der Waals surface area contributed by atoms with Crippen LogP contribution in [0.4, 0.5) is 0 Å². The molecule has 0 heterocycles. The van der Waals surface area contributed by atoms with E-state index < -0.39 is 0 Å². The van der Waals surface area contributed by atoms with Gasteiger partial charge in [0.1, 0.15) is 0 Å². The molecule has 0 bridgehead atoms. The summed E-state index contributed by atoms with van der Waals surface area (Å²) in [6.07, 6.45) is -0.140. The zero-order valence-electron chi connectivity index (χ0n) is 3.43. The average Bonchev–Trinajstić information content (AvgIpc) is 1.38. The molecule has 0 aliphatic heterocycles. The molecule has 0 aromatic heterocycles. The van der Waals surface area contributed by atoms with Crippen LogP contribution >= 0.6 is 6.19 Å². The minimum absolute atomic E-state index is 0.140. The predicted molar refractivity (Wildman–Crippen MR) is 31.8 cm³/mol. The normalized spacial score (nSPS) is 10.4. The molecular formula is C2H6BPS. The van der Waals surface area contributed by atoms with E-state index in [-0.39, 0.29) is 6.19 Å². The first-order chi connectivity index (χ1) is 2.27. The van der Waals surface area contributed by atoms with Gasteiger partial charge in [-0.15, -0.1) is 0 Å². The Bertz CT molecular complexity index is 81.6. The van der Waals surface area contributed by atoms with Gasteiger partial charge in [-0.2, -0.15) is 0 Å². The van der Waals surface area contributed by atoms with Crippen LogP contribution in [-0.2, 0) is 11.8 Å².